The topological polar surface area (TPSA) is 61.5 Å². The summed E-state index contributed by atoms with van der Waals surface area (Å²) in [5.74, 6) is -1.04. The van der Waals surface area contributed by atoms with E-state index in [1.54, 1.807) is 0 Å². The van der Waals surface area contributed by atoms with E-state index in [0.29, 0.717) is 0 Å². The fourth-order valence-electron chi connectivity index (χ4n) is 1.06. The van der Waals surface area contributed by atoms with Gasteiger partial charge in [0, 0.05) is 0 Å². The van der Waals surface area contributed by atoms with Crippen LogP contribution < -0.4 is 10.5 Å². The molecule has 0 aliphatic rings. The molecule has 0 radical (unpaired) electrons. The Bertz CT molecular complexity index is 423. The van der Waals surface area contributed by atoms with Gasteiger partial charge in [-0.15, -0.1) is 0 Å². The molecule has 0 saturated carbocycles. The highest BCUT2D eigenvalue weighted by Crippen LogP contribution is 2.21. The van der Waals surface area contributed by atoms with Crippen LogP contribution in [0.25, 0.3) is 0 Å². The van der Waals surface area contributed by atoms with Crippen LogP contribution in [-0.2, 0) is 9.53 Å². The van der Waals surface area contributed by atoms with Gasteiger partial charge in [0.1, 0.15) is 16.6 Å². The van der Waals surface area contributed by atoms with Crippen molar-refractivity contribution in [1.29, 1.82) is 0 Å². The Kier molecular flexibility index (Phi) is 4.19. The molecule has 2 N–H and O–H groups in total. The fraction of sp³-hybridized carbons (Fsp3) is 0.200. The summed E-state index contributed by atoms with van der Waals surface area (Å²) in [6, 6.07) is 4.11. The van der Waals surface area contributed by atoms with Gasteiger partial charge in [-0.3, -0.25) is 0 Å². The molecule has 0 spiro atoms. The maximum absolute atomic E-state index is 13.3. The molecule has 0 saturated heterocycles. The van der Waals surface area contributed by atoms with E-state index >= 15 is 0 Å². The number of methoxy groups -OCH3 is 1. The summed E-state index contributed by atoms with van der Waals surface area (Å²) >= 11 is 4.69. The largest absolute Gasteiger partial charge is 0.481 e. The first-order chi connectivity index (χ1) is 7.56. The SMILES string of the molecule is COC(=O)COc1cccc(F)c1C(N)=S. The van der Waals surface area contributed by atoms with Gasteiger partial charge in [-0.1, -0.05) is 18.3 Å². The van der Waals surface area contributed by atoms with Gasteiger partial charge in [-0.25, -0.2) is 9.18 Å². The predicted molar refractivity (Wildman–Crippen MR) is 59.8 cm³/mol. The van der Waals surface area contributed by atoms with Crippen molar-refractivity contribution in [2.45, 2.75) is 0 Å². The molecule has 0 atom stereocenters. The molecule has 1 aromatic carbocycles. The summed E-state index contributed by atoms with van der Waals surface area (Å²) in [5, 5.41) is 0. The summed E-state index contributed by atoms with van der Waals surface area (Å²) in [5.41, 5.74) is 5.34. The zero-order valence-corrected chi connectivity index (χ0v) is 9.34. The molecule has 0 amide bonds. The molecular formula is C10H10FNO3S. The number of carbonyl (C=O) groups excluding carboxylic acids is 1. The average Bonchev–Trinajstić information content (AvgIpc) is 2.25. The number of ether oxygens (including phenoxy) is 2. The predicted octanol–water partition coefficient (Wildman–Crippen LogP) is 1.01. The zero-order valence-electron chi connectivity index (χ0n) is 8.53. The van der Waals surface area contributed by atoms with Crippen molar-refractivity contribution in [3.05, 3.63) is 29.6 Å². The van der Waals surface area contributed by atoms with Crippen molar-refractivity contribution >= 4 is 23.2 Å². The minimum absolute atomic E-state index is 0.0126. The molecule has 0 aliphatic heterocycles. The summed E-state index contributed by atoms with van der Waals surface area (Å²) in [7, 11) is 1.23. The lowest BCUT2D eigenvalue weighted by Crippen LogP contribution is -2.17. The van der Waals surface area contributed by atoms with Crippen LogP contribution in [0.1, 0.15) is 5.56 Å². The molecule has 0 fully saturated rings. The van der Waals surface area contributed by atoms with E-state index in [0.717, 1.165) is 0 Å². The number of hydrogen-bond acceptors (Lipinski definition) is 4. The van der Waals surface area contributed by atoms with Crippen LogP contribution in [0, 0.1) is 5.82 Å². The molecule has 0 bridgehead atoms. The third kappa shape index (κ3) is 2.90. The summed E-state index contributed by atoms with van der Waals surface area (Å²) in [6.07, 6.45) is 0. The highest BCUT2D eigenvalue weighted by Gasteiger charge is 2.13. The Balaban J connectivity index is 2.91. The highest BCUT2D eigenvalue weighted by atomic mass is 32.1. The van der Waals surface area contributed by atoms with Gasteiger partial charge < -0.3 is 15.2 Å². The van der Waals surface area contributed by atoms with E-state index < -0.39 is 11.8 Å². The summed E-state index contributed by atoms with van der Waals surface area (Å²) in [4.78, 5) is 10.7. The molecule has 86 valence electrons. The molecule has 1 rings (SSSR count). The molecule has 0 heterocycles. The van der Waals surface area contributed by atoms with Crippen molar-refractivity contribution in [3.8, 4) is 5.75 Å². The monoisotopic (exact) mass is 243 g/mol. The first kappa shape index (κ1) is 12.4. The Morgan fingerprint density at radius 3 is 2.81 bits per heavy atom. The van der Waals surface area contributed by atoms with Crippen LogP contribution in [0.15, 0.2) is 18.2 Å². The van der Waals surface area contributed by atoms with Crippen molar-refractivity contribution < 1.29 is 18.7 Å². The van der Waals surface area contributed by atoms with E-state index in [-0.39, 0.29) is 22.9 Å². The van der Waals surface area contributed by atoms with E-state index in [4.69, 9.17) is 10.5 Å². The van der Waals surface area contributed by atoms with E-state index in [1.807, 2.05) is 0 Å². The number of hydrogen-bond donors (Lipinski definition) is 1. The highest BCUT2D eigenvalue weighted by molar-refractivity contribution is 7.80. The van der Waals surface area contributed by atoms with Crippen molar-refractivity contribution in [2.24, 2.45) is 5.73 Å². The maximum atomic E-state index is 13.3. The van der Waals surface area contributed by atoms with Crippen LogP contribution in [-0.4, -0.2) is 24.7 Å². The Morgan fingerprint density at radius 2 is 2.25 bits per heavy atom. The normalized spacial score (nSPS) is 9.62. The lowest BCUT2D eigenvalue weighted by Gasteiger charge is -2.10. The molecular weight excluding hydrogens is 233 g/mol. The minimum atomic E-state index is -0.588. The lowest BCUT2D eigenvalue weighted by atomic mass is 10.2. The minimum Gasteiger partial charge on any atom is -0.481 e. The molecule has 16 heavy (non-hydrogen) atoms. The summed E-state index contributed by atoms with van der Waals surface area (Å²) < 4.78 is 22.8. The second-order valence-electron chi connectivity index (χ2n) is 2.84. The van der Waals surface area contributed by atoms with Gasteiger partial charge in [0.25, 0.3) is 0 Å². The standard InChI is InChI=1S/C10H10FNO3S/c1-14-8(13)5-15-7-4-2-3-6(11)9(7)10(12)16/h2-4H,5H2,1H3,(H2,12,16). The first-order valence-corrected chi connectivity index (χ1v) is 4.75. The van der Waals surface area contributed by atoms with Gasteiger partial charge in [0.15, 0.2) is 6.61 Å². The Hall–Kier alpha value is -1.69. The number of carbonyl (C=O) groups is 1. The van der Waals surface area contributed by atoms with Crippen LogP contribution in [0.4, 0.5) is 4.39 Å². The number of thiocarbonyl (C=S) groups is 1. The van der Waals surface area contributed by atoms with E-state index in [2.05, 4.69) is 17.0 Å². The van der Waals surface area contributed by atoms with Gasteiger partial charge in [0.05, 0.1) is 12.7 Å². The Morgan fingerprint density at radius 1 is 1.56 bits per heavy atom. The van der Waals surface area contributed by atoms with E-state index in [1.165, 1.54) is 25.3 Å². The fourth-order valence-corrected chi connectivity index (χ4v) is 1.26. The van der Waals surface area contributed by atoms with Crippen LogP contribution >= 0.6 is 12.2 Å². The zero-order chi connectivity index (χ0) is 12.1. The first-order valence-electron chi connectivity index (χ1n) is 4.34. The lowest BCUT2D eigenvalue weighted by molar-refractivity contribution is -0.142. The molecule has 4 nitrogen and oxygen atoms in total. The number of benzene rings is 1. The number of esters is 1. The third-order valence-corrected chi connectivity index (χ3v) is 2.00. The van der Waals surface area contributed by atoms with Gasteiger partial charge in [-0.2, -0.15) is 0 Å². The van der Waals surface area contributed by atoms with Crippen LogP contribution in [0.3, 0.4) is 0 Å². The van der Waals surface area contributed by atoms with E-state index in [9.17, 15) is 9.18 Å². The van der Waals surface area contributed by atoms with Gasteiger partial charge in [0.2, 0.25) is 0 Å². The van der Waals surface area contributed by atoms with Gasteiger partial charge >= 0.3 is 5.97 Å². The number of rotatable bonds is 4. The second-order valence-corrected chi connectivity index (χ2v) is 3.28. The molecule has 0 aliphatic carbocycles. The van der Waals surface area contributed by atoms with Crippen molar-refractivity contribution in [1.82, 2.24) is 0 Å². The molecule has 0 unspecified atom stereocenters. The number of nitrogens with two attached hydrogens (primary N) is 1. The van der Waals surface area contributed by atoms with Crippen molar-refractivity contribution in [3.63, 3.8) is 0 Å². The van der Waals surface area contributed by atoms with Gasteiger partial charge in [-0.05, 0) is 12.1 Å². The van der Waals surface area contributed by atoms with Crippen molar-refractivity contribution in [2.75, 3.05) is 13.7 Å². The molecule has 0 aromatic heterocycles. The van der Waals surface area contributed by atoms with Crippen LogP contribution in [0.2, 0.25) is 0 Å². The molecule has 6 heteroatoms. The Labute approximate surface area is 97.1 Å². The summed E-state index contributed by atoms with van der Waals surface area (Å²) in [6.45, 7) is -0.324. The average molecular weight is 243 g/mol. The van der Waals surface area contributed by atoms with Crippen LogP contribution in [0.5, 0.6) is 5.75 Å². The quantitative estimate of drug-likeness (QED) is 0.631. The smallest absolute Gasteiger partial charge is 0.343 e. The molecule has 1 aromatic rings. The second kappa shape index (κ2) is 5.41. The third-order valence-electron chi connectivity index (χ3n) is 1.79. The maximum Gasteiger partial charge on any atom is 0.343 e. The number of halogens is 1.